The molecular formula is C12H8O. The Bertz CT molecular complexity index is 433. The fraction of sp³-hybridized carbons (Fsp3) is 0.333. The van der Waals surface area contributed by atoms with E-state index in [1.807, 2.05) is 18.2 Å². The Morgan fingerprint density at radius 3 is 3.46 bits per heavy atom. The summed E-state index contributed by atoms with van der Waals surface area (Å²) in [5.74, 6) is 13.7. The predicted octanol–water partition coefficient (Wildman–Crippen LogP) is 1.63. The van der Waals surface area contributed by atoms with Crippen molar-refractivity contribution in [1.29, 1.82) is 0 Å². The number of allylic oxidation sites excluding steroid dienone is 3. The van der Waals surface area contributed by atoms with Crippen LogP contribution in [0.15, 0.2) is 24.0 Å². The standard InChI is InChI=1S/C12H8O/c1-2-4-8-11-12(13-11)9-5-7-10(12)6-3-1/h2,4,8,10H,6,9H2. The van der Waals surface area contributed by atoms with Crippen LogP contribution in [0, 0.1) is 29.6 Å². The van der Waals surface area contributed by atoms with Gasteiger partial charge in [0, 0.05) is 6.42 Å². The van der Waals surface area contributed by atoms with E-state index in [1.165, 1.54) is 0 Å². The van der Waals surface area contributed by atoms with Crippen molar-refractivity contribution >= 4 is 0 Å². The second-order valence-corrected chi connectivity index (χ2v) is 3.46. The summed E-state index contributed by atoms with van der Waals surface area (Å²) in [5.41, 5.74) is -0.0939. The first-order chi connectivity index (χ1) is 6.42. The van der Waals surface area contributed by atoms with Gasteiger partial charge in [0.1, 0.15) is 5.76 Å². The molecule has 1 heterocycles. The van der Waals surface area contributed by atoms with Crippen molar-refractivity contribution in [3.05, 3.63) is 24.0 Å². The number of rotatable bonds is 0. The molecule has 1 nitrogen and oxygen atoms in total. The van der Waals surface area contributed by atoms with E-state index < -0.39 is 0 Å². The number of hydrogen-bond acceptors (Lipinski definition) is 1. The minimum Gasteiger partial charge on any atom is -0.477 e. The summed E-state index contributed by atoms with van der Waals surface area (Å²) in [6.45, 7) is 0. The molecule has 1 saturated heterocycles. The topological polar surface area (TPSA) is 12.5 Å². The summed E-state index contributed by atoms with van der Waals surface area (Å²) >= 11 is 0. The molecule has 2 atom stereocenters. The van der Waals surface area contributed by atoms with Crippen LogP contribution in [0.1, 0.15) is 12.8 Å². The average molecular weight is 168 g/mol. The number of hydrogen-bond donors (Lipinski definition) is 0. The zero-order valence-electron chi connectivity index (χ0n) is 7.13. The van der Waals surface area contributed by atoms with Crippen LogP contribution < -0.4 is 0 Å². The molecule has 3 rings (SSSR count). The minimum absolute atomic E-state index is 0.0939. The predicted molar refractivity (Wildman–Crippen MR) is 49.3 cm³/mol. The fourth-order valence-electron chi connectivity index (χ4n) is 1.88. The molecule has 62 valence electrons. The van der Waals surface area contributed by atoms with Gasteiger partial charge in [-0.15, -0.1) is 0 Å². The molecule has 1 aliphatic heterocycles. The number of ether oxygens (including phenoxy) is 1. The zero-order valence-corrected chi connectivity index (χ0v) is 7.13. The molecule has 2 unspecified atom stereocenters. The van der Waals surface area contributed by atoms with Gasteiger partial charge in [0.15, 0.2) is 5.60 Å². The molecule has 0 aromatic heterocycles. The lowest BCUT2D eigenvalue weighted by molar-refractivity contribution is 0.269. The van der Waals surface area contributed by atoms with Gasteiger partial charge in [0.25, 0.3) is 0 Å². The van der Waals surface area contributed by atoms with Crippen LogP contribution in [0.5, 0.6) is 0 Å². The van der Waals surface area contributed by atoms with Gasteiger partial charge in [-0.25, -0.2) is 0 Å². The van der Waals surface area contributed by atoms with Crippen molar-refractivity contribution in [3.8, 4) is 23.7 Å². The van der Waals surface area contributed by atoms with Crippen LogP contribution in [-0.4, -0.2) is 5.60 Å². The lowest BCUT2D eigenvalue weighted by Gasteiger charge is -2.06. The van der Waals surface area contributed by atoms with Gasteiger partial charge < -0.3 is 4.74 Å². The van der Waals surface area contributed by atoms with Gasteiger partial charge in [-0.2, -0.15) is 0 Å². The van der Waals surface area contributed by atoms with Crippen molar-refractivity contribution in [2.45, 2.75) is 18.4 Å². The molecule has 1 fully saturated rings. The molecule has 13 heavy (non-hydrogen) atoms. The van der Waals surface area contributed by atoms with Crippen LogP contribution >= 0.6 is 0 Å². The van der Waals surface area contributed by atoms with E-state index in [-0.39, 0.29) is 5.60 Å². The first-order valence-corrected chi connectivity index (χ1v) is 4.45. The largest absolute Gasteiger partial charge is 0.477 e. The summed E-state index contributed by atoms with van der Waals surface area (Å²) in [6.07, 6.45) is 7.48. The van der Waals surface area contributed by atoms with Gasteiger partial charge in [0.05, 0.1) is 12.3 Å². The summed E-state index contributed by atoms with van der Waals surface area (Å²) in [6, 6.07) is 0. The van der Waals surface area contributed by atoms with E-state index in [0.717, 1.165) is 18.6 Å². The average Bonchev–Trinajstić information content (AvgIpc) is 2.65. The van der Waals surface area contributed by atoms with E-state index in [4.69, 9.17) is 4.74 Å². The fourth-order valence-corrected chi connectivity index (χ4v) is 1.88. The maximum absolute atomic E-state index is 5.62. The zero-order chi connectivity index (χ0) is 8.73. The Morgan fingerprint density at radius 2 is 2.46 bits per heavy atom. The molecule has 2 aliphatic carbocycles. The molecule has 0 aromatic carbocycles. The summed E-state index contributed by atoms with van der Waals surface area (Å²) < 4.78 is 5.62. The Hall–Kier alpha value is -1.60. The van der Waals surface area contributed by atoms with Crippen molar-refractivity contribution in [2.24, 2.45) is 5.92 Å². The quantitative estimate of drug-likeness (QED) is 0.395. The van der Waals surface area contributed by atoms with Crippen LogP contribution in [0.2, 0.25) is 0 Å². The van der Waals surface area contributed by atoms with Gasteiger partial charge in [0.2, 0.25) is 0 Å². The summed E-state index contributed by atoms with van der Waals surface area (Å²) in [7, 11) is 0. The van der Waals surface area contributed by atoms with Gasteiger partial charge in [-0.1, -0.05) is 29.8 Å². The van der Waals surface area contributed by atoms with Crippen LogP contribution in [0.3, 0.4) is 0 Å². The van der Waals surface area contributed by atoms with E-state index in [2.05, 4.69) is 23.7 Å². The lowest BCUT2D eigenvalue weighted by Crippen LogP contribution is -2.17. The highest BCUT2D eigenvalue weighted by Gasteiger charge is 2.59. The van der Waals surface area contributed by atoms with E-state index >= 15 is 0 Å². The molecular weight excluding hydrogens is 160 g/mol. The normalized spacial score (nSPS) is 36.9. The Balaban J connectivity index is 2.02. The third-order valence-corrected chi connectivity index (χ3v) is 2.69. The van der Waals surface area contributed by atoms with E-state index in [1.54, 1.807) is 0 Å². The molecule has 0 bridgehead atoms. The first kappa shape index (κ1) is 6.87. The van der Waals surface area contributed by atoms with Crippen molar-refractivity contribution < 1.29 is 4.74 Å². The van der Waals surface area contributed by atoms with Crippen molar-refractivity contribution in [2.75, 3.05) is 0 Å². The van der Waals surface area contributed by atoms with Crippen molar-refractivity contribution in [3.63, 3.8) is 0 Å². The van der Waals surface area contributed by atoms with Crippen molar-refractivity contribution in [1.82, 2.24) is 0 Å². The summed E-state index contributed by atoms with van der Waals surface area (Å²) in [5, 5.41) is 0. The molecule has 0 aromatic rings. The highest BCUT2D eigenvalue weighted by atomic mass is 16.6. The molecule has 0 radical (unpaired) electrons. The highest BCUT2D eigenvalue weighted by Crippen LogP contribution is 2.52. The third kappa shape index (κ3) is 0.849. The second kappa shape index (κ2) is 2.21. The third-order valence-electron chi connectivity index (χ3n) is 2.69. The number of epoxide rings is 1. The first-order valence-electron chi connectivity index (χ1n) is 4.45. The SMILES string of the molecule is C1#CCC2C#CCC23OC3=CC=C1. The van der Waals surface area contributed by atoms with Gasteiger partial charge >= 0.3 is 0 Å². The van der Waals surface area contributed by atoms with Gasteiger partial charge in [-0.3, -0.25) is 0 Å². The monoisotopic (exact) mass is 168 g/mol. The Kier molecular flexibility index (Phi) is 1.17. The molecule has 1 spiro atoms. The van der Waals surface area contributed by atoms with Crippen LogP contribution in [0.25, 0.3) is 0 Å². The minimum atomic E-state index is -0.0939. The maximum atomic E-state index is 5.62. The molecule has 0 saturated carbocycles. The Labute approximate surface area is 77.5 Å². The highest BCUT2D eigenvalue weighted by molar-refractivity contribution is 5.43. The maximum Gasteiger partial charge on any atom is 0.190 e. The Morgan fingerprint density at radius 1 is 1.46 bits per heavy atom. The van der Waals surface area contributed by atoms with Crippen LogP contribution in [-0.2, 0) is 4.74 Å². The van der Waals surface area contributed by atoms with Gasteiger partial charge in [-0.05, 0) is 12.2 Å². The van der Waals surface area contributed by atoms with E-state index in [0.29, 0.717) is 5.92 Å². The lowest BCUT2D eigenvalue weighted by atomic mass is 9.91. The smallest absolute Gasteiger partial charge is 0.190 e. The van der Waals surface area contributed by atoms with Crippen LogP contribution in [0.4, 0.5) is 0 Å². The second-order valence-electron chi connectivity index (χ2n) is 3.46. The molecule has 1 heteroatoms. The summed E-state index contributed by atoms with van der Waals surface area (Å²) in [4.78, 5) is 0. The molecule has 3 aliphatic rings. The molecule has 0 amide bonds. The van der Waals surface area contributed by atoms with E-state index in [9.17, 15) is 0 Å². The molecule has 0 N–H and O–H groups in total.